The molecule has 4 rings (SSSR count). The van der Waals surface area contributed by atoms with Crippen LogP contribution in [0.5, 0.6) is 0 Å². The molecule has 1 amide bonds. The van der Waals surface area contributed by atoms with E-state index >= 15 is 0 Å². The molecule has 0 spiro atoms. The quantitative estimate of drug-likeness (QED) is 0.722. The molecule has 146 valence electrons. The van der Waals surface area contributed by atoms with Crippen LogP contribution in [0.4, 0.5) is 10.5 Å². The van der Waals surface area contributed by atoms with E-state index in [0.29, 0.717) is 6.54 Å². The highest BCUT2D eigenvalue weighted by Crippen LogP contribution is 2.28. The molecule has 0 radical (unpaired) electrons. The van der Waals surface area contributed by atoms with Gasteiger partial charge in [0.15, 0.2) is 0 Å². The lowest BCUT2D eigenvalue weighted by Gasteiger charge is -2.33. The van der Waals surface area contributed by atoms with Crippen LogP contribution < -0.4 is 10.2 Å². The zero-order chi connectivity index (χ0) is 19.7. The van der Waals surface area contributed by atoms with Gasteiger partial charge in [-0.05, 0) is 37.2 Å². The van der Waals surface area contributed by atoms with E-state index in [1.165, 1.54) is 0 Å². The standard InChI is InChI=1S/C20H24N6O2/c1-14-9-15(3-4-16(14)11-21-20(27)28)19-18-10-17(12-26(18)23-13-22-19)25-7-5-24(2)6-8-25/h3-4,9-10,12-13,21H,5-8,11H2,1-2H3,(H,27,28). The third kappa shape index (κ3) is 3.63. The number of likely N-dealkylation sites (N-methyl/N-ethyl adjacent to an activating group) is 1. The molecule has 2 aromatic heterocycles. The summed E-state index contributed by atoms with van der Waals surface area (Å²) in [6.45, 7) is 6.38. The summed E-state index contributed by atoms with van der Waals surface area (Å²) in [6.07, 6.45) is 2.61. The van der Waals surface area contributed by atoms with Crippen molar-refractivity contribution in [3.05, 3.63) is 47.9 Å². The van der Waals surface area contributed by atoms with Crippen molar-refractivity contribution in [2.75, 3.05) is 38.1 Å². The van der Waals surface area contributed by atoms with E-state index in [9.17, 15) is 4.79 Å². The van der Waals surface area contributed by atoms with Gasteiger partial charge in [0.05, 0.1) is 23.1 Å². The molecule has 3 aromatic rings. The highest BCUT2D eigenvalue weighted by Gasteiger charge is 2.17. The predicted octanol–water partition coefficient (Wildman–Crippen LogP) is 2.22. The minimum Gasteiger partial charge on any atom is -0.465 e. The van der Waals surface area contributed by atoms with Gasteiger partial charge in [0.2, 0.25) is 0 Å². The molecule has 28 heavy (non-hydrogen) atoms. The van der Waals surface area contributed by atoms with Crippen LogP contribution >= 0.6 is 0 Å². The topological polar surface area (TPSA) is 86.0 Å². The van der Waals surface area contributed by atoms with Crippen molar-refractivity contribution in [2.45, 2.75) is 13.5 Å². The normalized spacial score (nSPS) is 15.1. The number of piperazine rings is 1. The number of anilines is 1. The average molecular weight is 380 g/mol. The number of carbonyl (C=O) groups is 1. The Morgan fingerprint density at radius 2 is 2.00 bits per heavy atom. The number of benzene rings is 1. The number of rotatable bonds is 4. The van der Waals surface area contributed by atoms with Crippen LogP contribution in [0.2, 0.25) is 0 Å². The number of fused-ring (bicyclic) bond motifs is 1. The minimum atomic E-state index is -1.02. The maximum Gasteiger partial charge on any atom is 0.404 e. The largest absolute Gasteiger partial charge is 0.465 e. The summed E-state index contributed by atoms with van der Waals surface area (Å²) in [5.74, 6) is 0. The van der Waals surface area contributed by atoms with Crippen molar-refractivity contribution >= 4 is 17.3 Å². The van der Waals surface area contributed by atoms with Crippen molar-refractivity contribution in [3.63, 3.8) is 0 Å². The maximum atomic E-state index is 10.7. The predicted molar refractivity (Wildman–Crippen MR) is 108 cm³/mol. The van der Waals surface area contributed by atoms with E-state index < -0.39 is 6.09 Å². The first-order valence-electron chi connectivity index (χ1n) is 9.35. The number of amides is 1. The monoisotopic (exact) mass is 380 g/mol. The number of nitrogens with one attached hydrogen (secondary N) is 1. The van der Waals surface area contributed by atoms with Crippen molar-refractivity contribution < 1.29 is 9.90 Å². The van der Waals surface area contributed by atoms with E-state index in [2.05, 4.69) is 44.5 Å². The molecule has 2 N–H and O–H groups in total. The van der Waals surface area contributed by atoms with Crippen LogP contribution in [0.1, 0.15) is 11.1 Å². The Labute approximate surface area is 163 Å². The number of hydrogen-bond donors (Lipinski definition) is 2. The lowest BCUT2D eigenvalue weighted by molar-refractivity contribution is 0.194. The molecule has 3 heterocycles. The van der Waals surface area contributed by atoms with Gasteiger partial charge in [-0.2, -0.15) is 5.10 Å². The molecule has 8 nitrogen and oxygen atoms in total. The third-order valence-corrected chi connectivity index (χ3v) is 5.31. The Bertz CT molecular complexity index is 1010. The van der Waals surface area contributed by atoms with Gasteiger partial charge in [-0.25, -0.2) is 14.3 Å². The van der Waals surface area contributed by atoms with Gasteiger partial charge < -0.3 is 20.2 Å². The van der Waals surface area contributed by atoms with E-state index in [4.69, 9.17) is 5.11 Å². The lowest BCUT2D eigenvalue weighted by Crippen LogP contribution is -2.44. The zero-order valence-corrected chi connectivity index (χ0v) is 16.1. The van der Waals surface area contributed by atoms with Crippen molar-refractivity contribution in [1.29, 1.82) is 0 Å². The molecule has 1 aliphatic heterocycles. The third-order valence-electron chi connectivity index (χ3n) is 5.31. The second-order valence-corrected chi connectivity index (χ2v) is 7.23. The van der Waals surface area contributed by atoms with E-state index in [-0.39, 0.29) is 0 Å². The van der Waals surface area contributed by atoms with Gasteiger partial charge in [-0.1, -0.05) is 12.1 Å². The van der Waals surface area contributed by atoms with Crippen LogP contribution in [-0.4, -0.2) is 63.9 Å². The summed E-state index contributed by atoms with van der Waals surface area (Å²) >= 11 is 0. The Morgan fingerprint density at radius 1 is 1.21 bits per heavy atom. The summed E-state index contributed by atoms with van der Waals surface area (Å²) in [6, 6.07) is 8.12. The summed E-state index contributed by atoms with van der Waals surface area (Å²) < 4.78 is 1.88. The van der Waals surface area contributed by atoms with E-state index in [1.54, 1.807) is 6.33 Å². The molecule has 0 saturated carbocycles. The first kappa shape index (κ1) is 18.2. The first-order valence-corrected chi connectivity index (χ1v) is 9.35. The lowest BCUT2D eigenvalue weighted by atomic mass is 10.0. The molecule has 0 bridgehead atoms. The van der Waals surface area contributed by atoms with Crippen molar-refractivity contribution in [3.8, 4) is 11.3 Å². The number of aromatic nitrogens is 3. The average Bonchev–Trinajstić information content (AvgIpc) is 3.11. The van der Waals surface area contributed by atoms with Gasteiger partial charge >= 0.3 is 6.09 Å². The zero-order valence-electron chi connectivity index (χ0n) is 16.1. The highest BCUT2D eigenvalue weighted by molar-refractivity contribution is 5.80. The molecule has 1 aliphatic rings. The van der Waals surface area contributed by atoms with Gasteiger partial charge in [0.1, 0.15) is 6.33 Å². The molecule has 1 fully saturated rings. The number of aryl methyl sites for hydroxylation is 1. The van der Waals surface area contributed by atoms with Gasteiger partial charge in [0.25, 0.3) is 0 Å². The van der Waals surface area contributed by atoms with E-state index in [0.717, 1.165) is 59.8 Å². The Balaban J connectivity index is 1.65. The Kier molecular flexibility index (Phi) is 4.87. The minimum absolute atomic E-state index is 0.291. The van der Waals surface area contributed by atoms with Crippen LogP contribution in [0, 0.1) is 6.92 Å². The molecule has 0 aliphatic carbocycles. The van der Waals surface area contributed by atoms with Crippen LogP contribution in [0.3, 0.4) is 0 Å². The number of nitrogens with zero attached hydrogens (tertiary/aromatic N) is 5. The second-order valence-electron chi connectivity index (χ2n) is 7.23. The Hall–Kier alpha value is -3.13. The van der Waals surface area contributed by atoms with Crippen LogP contribution in [-0.2, 0) is 6.54 Å². The van der Waals surface area contributed by atoms with Crippen LogP contribution in [0.25, 0.3) is 16.8 Å². The highest BCUT2D eigenvalue weighted by atomic mass is 16.4. The second kappa shape index (κ2) is 7.47. The summed E-state index contributed by atoms with van der Waals surface area (Å²) in [5, 5.41) is 15.6. The fourth-order valence-electron chi connectivity index (χ4n) is 3.59. The smallest absolute Gasteiger partial charge is 0.404 e. The van der Waals surface area contributed by atoms with Gasteiger partial charge in [-0.15, -0.1) is 0 Å². The molecule has 0 atom stereocenters. The fourth-order valence-corrected chi connectivity index (χ4v) is 3.59. The van der Waals surface area contributed by atoms with Gasteiger partial charge in [0, 0.05) is 38.3 Å². The molecule has 0 unspecified atom stereocenters. The molecule has 8 heteroatoms. The first-order chi connectivity index (χ1) is 13.5. The van der Waals surface area contributed by atoms with Gasteiger partial charge in [-0.3, -0.25) is 0 Å². The molecule has 1 saturated heterocycles. The molecular formula is C20H24N6O2. The number of carboxylic acid groups (broad SMARTS) is 1. The van der Waals surface area contributed by atoms with Crippen molar-refractivity contribution in [1.82, 2.24) is 24.8 Å². The molecular weight excluding hydrogens is 356 g/mol. The molecule has 1 aromatic carbocycles. The fraction of sp³-hybridized carbons (Fsp3) is 0.350. The maximum absolute atomic E-state index is 10.7. The van der Waals surface area contributed by atoms with Crippen LogP contribution in [0.15, 0.2) is 36.8 Å². The Morgan fingerprint density at radius 3 is 2.71 bits per heavy atom. The summed E-state index contributed by atoms with van der Waals surface area (Å²) in [7, 11) is 2.15. The summed E-state index contributed by atoms with van der Waals surface area (Å²) in [5.41, 5.74) is 5.96. The number of hydrogen-bond acceptors (Lipinski definition) is 5. The van der Waals surface area contributed by atoms with E-state index in [1.807, 2.05) is 29.6 Å². The van der Waals surface area contributed by atoms with Crippen molar-refractivity contribution in [2.24, 2.45) is 0 Å². The SMILES string of the molecule is Cc1cc(-c2ncnn3cc(N4CCN(C)CC4)cc23)ccc1CNC(=O)O. The summed E-state index contributed by atoms with van der Waals surface area (Å²) in [4.78, 5) is 20.0.